The maximum Gasteiger partial charge on any atom is 0.299 e. The van der Waals surface area contributed by atoms with Crippen molar-refractivity contribution in [3.05, 3.63) is 28.8 Å². The first-order valence-corrected chi connectivity index (χ1v) is 4.65. The molecule has 0 aliphatic heterocycles. The van der Waals surface area contributed by atoms with Gasteiger partial charge in [0, 0.05) is 0 Å². The number of rotatable bonds is 2. The van der Waals surface area contributed by atoms with Crippen LogP contribution in [0.3, 0.4) is 0 Å². The van der Waals surface area contributed by atoms with E-state index in [2.05, 4.69) is 4.18 Å². The zero-order valence-corrected chi connectivity index (χ0v) is 7.93. The van der Waals surface area contributed by atoms with Gasteiger partial charge in [-0.2, -0.15) is 8.42 Å². The second kappa shape index (κ2) is 3.78. The molecule has 0 amide bonds. The van der Waals surface area contributed by atoms with Gasteiger partial charge in [0.1, 0.15) is 0 Å². The van der Waals surface area contributed by atoms with E-state index in [1.807, 2.05) is 6.92 Å². The third kappa shape index (κ3) is 2.39. The number of hydrogen-bond acceptors (Lipinski definition) is 3. The lowest BCUT2D eigenvalue weighted by Gasteiger charge is -2.00. The minimum atomic E-state index is -2.89. The molecule has 0 saturated heterocycles. The molecule has 0 aliphatic rings. The van der Waals surface area contributed by atoms with Crippen molar-refractivity contribution in [3.8, 4) is 5.75 Å². The van der Waals surface area contributed by atoms with E-state index >= 15 is 0 Å². The molecule has 1 aromatic rings. The van der Waals surface area contributed by atoms with Crippen molar-refractivity contribution in [2.24, 2.45) is 0 Å². The molecular weight excluding hydrogens is 200 g/mol. The van der Waals surface area contributed by atoms with Gasteiger partial charge in [0.2, 0.25) is 0 Å². The molecule has 0 aliphatic carbocycles. The maximum absolute atomic E-state index is 10.2. The first-order chi connectivity index (χ1) is 5.59. The van der Waals surface area contributed by atoms with Gasteiger partial charge in [-0.25, -0.2) is 0 Å². The minimum Gasteiger partial charge on any atom is -0.383 e. The van der Waals surface area contributed by atoms with Crippen molar-refractivity contribution in [1.82, 2.24) is 0 Å². The summed E-state index contributed by atoms with van der Waals surface area (Å²) in [5.74, 6) is 0.174. The quantitative estimate of drug-likeness (QED) is 0.747. The summed E-state index contributed by atoms with van der Waals surface area (Å²) in [5, 5.41) is 0.291. The van der Waals surface area contributed by atoms with E-state index < -0.39 is 11.0 Å². The molecule has 5 heteroatoms. The summed E-state index contributed by atoms with van der Waals surface area (Å²) in [5.41, 5.74) is 0.895. The van der Waals surface area contributed by atoms with E-state index in [0.29, 0.717) is 5.02 Å². The van der Waals surface area contributed by atoms with E-state index in [-0.39, 0.29) is 5.75 Å². The fourth-order valence-corrected chi connectivity index (χ4v) is 1.28. The van der Waals surface area contributed by atoms with Crippen LogP contribution in [-0.2, 0) is 11.0 Å². The maximum atomic E-state index is 10.2. The first-order valence-electron chi connectivity index (χ1n) is 3.18. The Hall–Kier alpha value is -0.740. The smallest absolute Gasteiger partial charge is 0.299 e. The largest absolute Gasteiger partial charge is 0.383 e. The lowest BCUT2D eigenvalue weighted by atomic mass is 10.2. The van der Waals surface area contributed by atoms with E-state index in [0.717, 1.165) is 5.56 Å². The summed E-state index contributed by atoms with van der Waals surface area (Å²) in [4.78, 5) is 0. The van der Waals surface area contributed by atoms with Crippen LogP contribution in [-0.4, -0.2) is 8.42 Å². The molecule has 3 nitrogen and oxygen atoms in total. The molecule has 1 rings (SSSR count). The monoisotopic (exact) mass is 206 g/mol. The number of aryl methyl sites for hydroxylation is 1. The summed E-state index contributed by atoms with van der Waals surface area (Å²) in [6.07, 6.45) is 0. The van der Waals surface area contributed by atoms with E-state index in [1.165, 1.54) is 0 Å². The molecule has 0 spiro atoms. The van der Waals surface area contributed by atoms with Gasteiger partial charge in [-0.05, 0) is 24.6 Å². The van der Waals surface area contributed by atoms with Crippen molar-refractivity contribution >= 4 is 22.6 Å². The molecule has 0 fully saturated rings. The lowest BCUT2D eigenvalue weighted by Crippen LogP contribution is -1.90. The predicted molar refractivity (Wildman–Crippen MR) is 47.1 cm³/mol. The zero-order valence-electron chi connectivity index (χ0n) is 6.28. The lowest BCUT2D eigenvalue weighted by molar-refractivity contribution is 0.510. The van der Waals surface area contributed by atoms with Crippen LogP contribution >= 0.6 is 11.6 Å². The Morgan fingerprint density at radius 3 is 2.67 bits per heavy atom. The standard InChI is InChI=1S/C7H7ClO3S/c1-5-2-3-6(8)7(4-5)11-12(9)10/h2-4,12H,1H3. The van der Waals surface area contributed by atoms with Crippen LogP contribution in [0, 0.1) is 6.92 Å². The Morgan fingerprint density at radius 2 is 2.08 bits per heavy atom. The van der Waals surface area contributed by atoms with Crippen LogP contribution in [0.5, 0.6) is 5.75 Å². The van der Waals surface area contributed by atoms with Crippen molar-refractivity contribution in [2.75, 3.05) is 0 Å². The molecule has 0 atom stereocenters. The van der Waals surface area contributed by atoms with E-state index in [4.69, 9.17) is 11.6 Å². The van der Waals surface area contributed by atoms with Crippen LogP contribution in [0.4, 0.5) is 0 Å². The average molecular weight is 207 g/mol. The van der Waals surface area contributed by atoms with Gasteiger partial charge in [0.15, 0.2) is 5.75 Å². The van der Waals surface area contributed by atoms with Crippen LogP contribution in [0.2, 0.25) is 5.02 Å². The second-order valence-electron chi connectivity index (χ2n) is 2.25. The third-order valence-electron chi connectivity index (χ3n) is 1.26. The molecule has 12 heavy (non-hydrogen) atoms. The van der Waals surface area contributed by atoms with Gasteiger partial charge in [0.05, 0.1) is 5.02 Å². The first kappa shape index (κ1) is 9.35. The Kier molecular flexibility index (Phi) is 2.94. The summed E-state index contributed by atoms with van der Waals surface area (Å²) in [7, 11) is -2.89. The molecule has 1 aromatic carbocycles. The molecule has 0 N–H and O–H groups in total. The van der Waals surface area contributed by atoms with Gasteiger partial charge < -0.3 is 4.18 Å². The van der Waals surface area contributed by atoms with Crippen molar-refractivity contribution in [1.29, 1.82) is 0 Å². The van der Waals surface area contributed by atoms with Crippen molar-refractivity contribution in [3.63, 3.8) is 0 Å². The number of thiol groups is 1. The number of benzene rings is 1. The normalized spacial score (nSPS) is 10.2. The molecule has 0 saturated carbocycles. The zero-order chi connectivity index (χ0) is 9.14. The summed E-state index contributed by atoms with van der Waals surface area (Å²) in [6.45, 7) is 1.82. The van der Waals surface area contributed by atoms with Crippen LogP contribution in [0.15, 0.2) is 18.2 Å². The third-order valence-corrected chi connectivity index (χ3v) is 1.92. The molecule has 0 radical (unpaired) electrons. The van der Waals surface area contributed by atoms with Gasteiger partial charge in [-0.1, -0.05) is 17.7 Å². The highest BCUT2D eigenvalue weighted by molar-refractivity contribution is 7.67. The highest BCUT2D eigenvalue weighted by atomic mass is 35.5. The van der Waals surface area contributed by atoms with E-state index in [1.54, 1.807) is 18.2 Å². The predicted octanol–water partition coefficient (Wildman–Crippen LogP) is 1.55. The fraction of sp³-hybridized carbons (Fsp3) is 0.143. The van der Waals surface area contributed by atoms with Crippen LogP contribution in [0.25, 0.3) is 0 Å². The Bertz CT molecular complexity index is 352. The molecular formula is C7H7ClO3S. The molecule has 0 unspecified atom stereocenters. The molecule has 0 aromatic heterocycles. The average Bonchev–Trinajstić information content (AvgIpc) is 1.96. The van der Waals surface area contributed by atoms with Crippen molar-refractivity contribution in [2.45, 2.75) is 6.92 Å². The Labute approximate surface area is 77.1 Å². The van der Waals surface area contributed by atoms with Crippen LogP contribution < -0.4 is 4.18 Å². The second-order valence-corrected chi connectivity index (χ2v) is 3.29. The van der Waals surface area contributed by atoms with Gasteiger partial charge in [-0.15, -0.1) is 0 Å². The number of hydrogen-bond donors (Lipinski definition) is 1. The topological polar surface area (TPSA) is 43.4 Å². The number of halogens is 1. The van der Waals surface area contributed by atoms with Gasteiger partial charge in [-0.3, -0.25) is 0 Å². The highest BCUT2D eigenvalue weighted by Crippen LogP contribution is 2.24. The Balaban J connectivity index is 3.05. The summed E-state index contributed by atoms with van der Waals surface area (Å²) < 4.78 is 24.8. The minimum absolute atomic E-state index is 0.174. The van der Waals surface area contributed by atoms with E-state index in [9.17, 15) is 8.42 Å². The van der Waals surface area contributed by atoms with Gasteiger partial charge in [0.25, 0.3) is 11.0 Å². The molecule has 66 valence electrons. The fourth-order valence-electron chi connectivity index (χ4n) is 0.761. The van der Waals surface area contributed by atoms with Crippen LogP contribution in [0.1, 0.15) is 5.56 Å². The molecule has 0 heterocycles. The van der Waals surface area contributed by atoms with Crippen molar-refractivity contribution < 1.29 is 12.6 Å². The Morgan fingerprint density at radius 1 is 1.42 bits per heavy atom. The summed E-state index contributed by atoms with van der Waals surface area (Å²) in [6, 6.07) is 4.92. The summed E-state index contributed by atoms with van der Waals surface area (Å²) >= 11 is 5.65. The van der Waals surface area contributed by atoms with Gasteiger partial charge >= 0.3 is 0 Å². The highest BCUT2D eigenvalue weighted by Gasteiger charge is 2.01. The SMILES string of the molecule is Cc1ccc(Cl)c(O[SH](=O)=O)c1. The molecule has 0 bridgehead atoms.